The number of benzene rings is 1. The third-order valence-corrected chi connectivity index (χ3v) is 3.96. The molecule has 0 radical (unpaired) electrons. The molecule has 1 aromatic carbocycles. The third-order valence-electron chi connectivity index (χ3n) is 3.96. The van der Waals surface area contributed by atoms with Gasteiger partial charge in [0.2, 0.25) is 0 Å². The van der Waals surface area contributed by atoms with Crippen LogP contribution in [0.4, 0.5) is 0 Å². The summed E-state index contributed by atoms with van der Waals surface area (Å²) in [4.78, 5) is 31.2. The molecule has 0 spiro atoms. The molecule has 2 heterocycles. The molecule has 0 aliphatic carbocycles. The fourth-order valence-electron chi connectivity index (χ4n) is 2.71. The van der Waals surface area contributed by atoms with Crippen LogP contribution in [-0.4, -0.2) is 25.7 Å². The van der Waals surface area contributed by atoms with Gasteiger partial charge in [-0.3, -0.25) is 14.3 Å². The summed E-state index contributed by atoms with van der Waals surface area (Å²) in [5, 5.41) is 4.82. The molecule has 7 heteroatoms. The molecule has 3 rings (SSSR count). The van der Waals surface area contributed by atoms with E-state index in [0.717, 1.165) is 11.4 Å². The second-order valence-electron chi connectivity index (χ2n) is 6.00. The molecule has 1 N–H and O–H groups in total. The van der Waals surface area contributed by atoms with E-state index in [1.165, 1.54) is 0 Å². The van der Waals surface area contributed by atoms with Crippen molar-refractivity contribution >= 4 is 16.9 Å². The first kappa shape index (κ1) is 16.9. The molecule has 1 atom stereocenters. The number of nitrogens with one attached hydrogen (secondary N) is 1. The van der Waals surface area contributed by atoms with E-state index >= 15 is 0 Å². The number of para-hydroxylation sites is 1. The highest BCUT2D eigenvalue weighted by Crippen LogP contribution is 2.15. The second kappa shape index (κ2) is 6.88. The van der Waals surface area contributed by atoms with Crippen LogP contribution in [0.3, 0.4) is 0 Å². The van der Waals surface area contributed by atoms with Crippen LogP contribution in [0.5, 0.6) is 0 Å². The molecular formula is C18H20N4O3. The van der Waals surface area contributed by atoms with Crippen LogP contribution in [0.15, 0.2) is 35.1 Å². The van der Waals surface area contributed by atoms with Crippen LogP contribution in [0, 0.1) is 13.8 Å². The summed E-state index contributed by atoms with van der Waals surface area (Å²) >= 11 is 0. The summed E-state index contributed by atoms with van der Waals surface area (Å²) in [7, 11) is 0. The number of aryl methyl sites for hydroxylation is 3. The monoisotopic (exact) mass is 340 g/mol. The van der Waals surface area contributed by atoms with Crippen molar-refractivity contribution in [2.75, 3.05) is 0 Å². The largest absolute Gasteiger partial charge is 0.454 e. The molecule has 3 aromatic rings. The van der Waals surface area contributed by atoms with Gasteiger partial charge >= 0.3 is 5.97 Å². The molecule has 0 bridgehead atoms. The maximum absolute atomic E-state index is 12.1. The van der Waals surface area contributed by atoms with Gasteiger partial charge in [-0.2, -0.15) is 5.10 Å². The molecule has 7 nitrogen and oxygen atoms in total. The first-order valence-electron chi connectivity index (χ1n) is 8.13. The van der Waals surface area contributed by atoms with Crippen molar-refractivity contribution in [2.45, 2.75) is 39.8 Å². The zero-order valence-corrected chi connectivity index (χ0v) is 14.4. The van der Waals surface area contributed by atoms with Crippen molar-refractivity contribution in [3.8, 4) is 0 Å². The first-order chi connectivity index (χ1) is 11.9. The summed E-state index contributed by atoms with van der Waals surface area (Å²) in [5.74, 6) is -0.0287. The van der Waals surface area contributed by atoms with Gasteiger partial charge in [0.25, 0.3) is 5.56 Å². The van der Waals surface area contributed by atoms with Crippen molar-refractivity contribution in [3.05, 3.63) is 57.9 Å². The summed E-state index contributed by atoms with van der Waals surface area (Å²) in [6.45, 7) is 5.99. The van der Waals surface area contributed by atoms with E-state index in [9.17, 15) is 9.59 Å². The minimum absolute atomic E-state index is 0.199. The minimum atomic E-state index is -0.634. The summed E-state index contributed by atoms with van der Waals surface area (Å²) < 4.78 is 7.17. The quantitative estimate of drug-likeness (QED) is 0.721. The lowest BCUT2D eigenvalue weighted by Gasteiger charge is -2.13. The molecule has 0 aliphatic rings. The Hall–Kier alpha value is -2.96. The fraction of sp³-hybridized carbons (Fsp3) is 0.333. The number of rotatable bonds is 5. The SMILES string of the molecule is Cc1cc(C)n(CCC(=O)O[C@H](C)c2nc3ccccc3c(=O)[nH]2)n1. The van der Waals surface area contributed by atoms with Gasteiger partial charge in [0.1, 0.15) is 0 Å². The van der Waals surface area contributed by atoms with Crippen LogP contribution in [0.1, 0.15) is 36.7 Å². The van der Waals surface area contributed by atoms with Crippen molar-refractivity contribution in [1.29, 1.82) is 0 Å². The summed E-state index contributed by atoms with van der Waals surface area (Å²) in [6.07, 6.45) is -0.435. The van der Waals surface area contributed by atoms with E-state index in [2.05, 4.69) is 15.1 Å². The van der Waals surface area contributed by atoms with E-state index in [4.69, 9.17) is 4.74 Å². The Labute approximate surface area is 144 Å². The van der Waals surface area contributed by atoms with Crippen LogP contribution < -0.4 is 5.56 Å². The maximum atomic E-state index is 12.1. The van der Waals surface area contributed by atoms with Crippen molar-refractivity contribution in [2.24, 2.45) is 0 Å². The average Bonchev–Trinajstić information content (AvgIpc) is 2.90. The number of esters is 1. The fourth-order valence-corrected chi connectivity index (χ4v) is 2.71. The third kappa shape index (κ3) is 3.76. The Morgan fingerprint density at radius 2 is 2.08 bits per heavy atom. The summed E-state index contributed by atoms with van der Waals surface area (Å²) in [5.41, 5.74) is 2.24. The van der Waals surface area contributed by atoms with Gasteiger partial charge in [-0.05, 0) is 39.0 Å². The number of aromatic nitrogens is 4. The second-order valence-corrected chi connectivity index (χ2v) is 6.00. The Bertz CT molecular complexity index is 974. The topological polar surface area (TPSA) is 89.9 Å². The van der Waals surface area contributed by atoms with Gasteiger partial charge in [-0.15, -0.1) is 0 Å². The highest BCUT2D eigenvalue weighted by atomic mass is 16.5. The molecule has 130 valence electrons. The lowest BCUT2D eigenvalue weighted by molar-refractivity contribution is -0.149. The lowest BCUT2D eigenvalue weighted by Crippen LogP contribution is -2.18. The van der Waals surface area contributed by atoms with Crippen LogP contribution in [0.2, 0.25) is 0 Å². The number of nitrogens with zero attached hydrogens (tertiary/aromatic N) is 3. The number of ether oxygens (including phenoxy) is 1. The number of fused-ring (bicyclic) bond motifs is 1. The normalized spacial score (nSPS) is 12.3. The van der Waals surface area contributed by atoms with Crippen molar-refractivity contribution in [1.82, 2.24) is 19.7 Å². The Morgan fingerprint density at radius 3 is 2.80 bits per heavy atom. The molecular weight excluding hydrogens is 320 g/mol. The van der Waals surface area contributed by atoms with Gasteiger partial charge in [0.05, 0.1) is 29.6 Å². The van der Waals surface area contributed by atoms with Gasteiger partial charge in [0.15, 0.2) is 11.9 Å². The highest BCUT2D eigenvalue weighted by molar-refractivity contribution is 5.77. The van der Waals surface area contributed by atoms with Gasteiger partial charge in [-0.1, -0.05) is 12.1 Å². The number of aromatic amines is 1. The predicted molar refractivity (Wildman–Crippen MR) is 93.2 cm³/mol. The van der Waals surface area contributed by atoms with Gasteiger partial charge < -0.3 is 9.72 Å². The van der Waals surface area contributed by atoms with E-state index in [1.54, 1.807) is 29.8 Å². The van der Waals surface area contributed by atoms with Crippen LogP contribution in [0.25, 0.3) is 10.9 Å². The zero-order chi connectivity index (χ0) is 18.0. The number of H-pyrrole nitrogens is 1. The van der Waals surface area contributed by atoms with Gasteiger partial charge in [-0.25, -0.2) is 4.98 Å². The molecule has 2 aromatic heterocycles. The number of hydrogen-bond donors (Lipinski definition) is 1. The first-order valence-corrected chi connectivity index (χ1v) is 8.13. The molecule has 0 saturated carbocycles. The molecule has 0 saturated heterocycles. The molecule has 0 fully saturated rings. The van der Waals surface area contributed by atoms with Crippen molar-refractivity contribution in [3.63, 3.8) is 0 Å². The minimum Gasteiger partial charge on any atom is -0.454 e. The number of hydrogen-bond acceptors (Lipinski definition) is 5. The average molecular weight is 340 g/mol. The highest BCUT2D eigenvalue weighted by Gasteiger charge is 2.16. The predicted octanol–water partition coefficient (Wildman–Crippen LogP) is 2.43. The number of carbonyl (C=O) groups is 1. The zero-order valence-electron chi connectivity index (χ0n) is 14.4. The lowest BCUT2D eigenvalue weighted by atomic mass is 10.2. The Kier molecular flexibility index (Phi) is 4.65. The van der Waals surface area contributed by atoms with Crippen LogP contribution >= 0.6 is 0 Å². The van der Waals surface area contributed by atoms with Crippen LogP contribution in [-0.2, 0) is 16.1 Å². The maximum Gasteiger partial charge on any atom is 0.308 e. The van der Waals surface area contributed by atoms with E-state index < -0.39 is 6.10 Å². The molecule has 0 unspecified atom stereocenters. The number of carbonyl (C=O) groups excluding carboxylic acids is 1. The van der Waals surface area contributed by atoms with Crippen molar-refractivity contribution < 1.29 is 9.53 Å². The van der Waals surface area contributed by atoms with Gasteiger partial charge in [0, 0.05) is 5.69 Å². The standard InChI is InChI=1S/C18H20N4O3/c1-11-10-12(2)22(21-11)9-8-16(23)25-13(3)17-19-15-7-5-4-6-14(15)18(24)20-17/h4-7,10,13H,8-9H2,1-3H3,(H,19,20,24)/t13-/m1/s1. The smallest absolute Gasteiger partial charge is 0.308 e. The molecule has 0 amide bonds. The van der Waals surface area contributed by atoms with E-state index in [0.29, 0.717) is 23.3 Å². The Morgan fingerprint density at radius 1 is 1.32 bits per heavy atom. The summed E-state index contributed by atoms with van der Waals surface area (Å²) in [6, 6.07) is 9.00. The Balaban J connectivity index is 1.67. The molecule has 25 heavy (non-hydrogen) atoms. The van der Waals surface area contributed by atoms with E-state index in [1.807, 2.05) is 26.0 Å². The molecule has 0 aliphatic heterocycles. The van der Waals surface area contributed by atoms with E-state index in [-0.39, 0.29) is 17.9 Å².